The van der Waals surface area contributed by atoms with Crippen molar-refractivity contribution in [2.75, 3.05) is 13.1 Å². The average Bonchev–Trinajstić information content (AvgIpc) is 2.27. The van der Waals surface area contributed by atoms with Gasteiger partial charge in [-0.1, -0.05) is 18.6 Å². The molecular weight excluding hydrogens is 216 g/mol. The van der Waals surface area contributed by atoms with E-state index in [-0.39, 0.29) is 10.6 Å². The van der Waals surface area contributed by atoms with E-state index in [4.69, 9.17) is 0 Å². The number of nitro benzene ring substituents is 1. The summed E-state index contributed by atoms with van der Waals surface area (Å²) in [4.78, 5) is 10.1. The second-order valence-electron chi connectivity index (χ2n) is 4.67. The van der Waals surface area contributed by atoms with Crippen LogP contribution in [-0.2, 0) is 6.42 Å². The van der Waals surface area contributed by atoms with Crippen molar-refractivity contribution in [1.82, 2.24) is 5.32 Å². The molecule has 1 aliphatic rings. The van der Waals surface area contributed by atoms with Gasteiger partial charge in [-0.15, -0.1) is 0 Å². The molecule has 1 aromatic rings. The van der Waals surface area contributed by atoms with Crippen LogP contribution in [0.25, 0.3) is 0 Å². The van der Waals surface area contributed by atoms with Gasteiger partial charge in [0.05, 0.1) is 4.92 Å². The molecule has 17 heavy (non-hydrogen) atoms. The van der Waals surface area contributed by atoms with E-state index in [1.54, 1.807) is 12.1 Å². The smallest absolute Gasteiger partial charge is 0.269 e. The molecule has 1 saturated carbocycles. The average molecular weight is 234 g/mol. The summed E-state index contributed by atoms with van der Waals surface area (Å²) in [6.07, 6.45) is 5.05. The van der Waals surface area contributed by atoms with E-state index in [1.165, 1.54) is 19.3 Å². The number of nitrogens with one attached hydrogen (secondary N) is 1. The standard InChI is InChI=1S/C13H18N2O2/c16-15(17)13-6-4-11(5-7-13)8-9-14-10-12-2-1-3-12/h4-7,12,14H,1-3,8-10H2. The SMILES string of the molecule is O=[N+]([O-])c1ccc(CCNCC2CCC2)cc1. The molecule has 2 rings (SSSR count). The van der Waals surface area contributed by atoms with Crippen LogP contribution in [0.3, 0.4) is 0 Å². The van der Waals surface area contributed by atoms with Crippen molar-refractivity contribution in [2.24, 2.45) is 5.92 Å². The highest BCUT2D eigenvalue weighted by molar-refractivity contribution is 5.32. The highest BCUT2D eigenvalue weighted by Crippen LogP contribution is 2.25. The molecule has 0 aromatic heterocycles. The number of nitro groups is 1. The van der Waals surface area contributed by atoms with Gasteiger partial charge in [0.2, 0.25) is 0 Å². The van der Waals surface area contributed by atoms with Crippen LogP contribution in [0.4, 0.5) is 5.69 Å². The summed E-state index contributed by atoms with van der Waals surface area (Å²) in [5.41, 5.74) is 1.31. The first-order valence-corrected chi connectivity index (χ1v) is 6.20. The predicted octanol–water partition coefficient (Wildman–Crippen LogP) is 2.53. The zero-order valence-electron chi connectivity index (χ0n) is 9.89. The fraction of sp³-hybridized carbons (Fsp3) is 0.538. The molecule has 4 nitrogen and oxygen atoms in total. The van der Waals surface area contributed by atoms with Crippen molar-refractivity contribution >= 4 is 5.69 Å². The zero-order chi connectivity index (χ0) is 12.1. The Morgan fingerprint density at radius 1 is 1.29 bits per heavy atom. The van der Waals surface area contributed by atoms with Crippen LogP contribution < -0.4 is 5.32 Å². The maximum Gasteiger partial charge on any atom is 0.269 e. The topological polar surface area (TPSA) is 55.2 Å². The summed E-state index contributed by atoms with van der Waals surface area (Å²) in [6.45, 7) is 2.07. The minimum atomic E-state index is -0.362. The van der Waals surface area contributed by atoms with Gasteiger partial charge in [0, 0.05) is 12.1 Å². The van der Waals surface area contributed by atoms with Gasteiger partial charge < -0.3 is 5.32 Å². The monoisotopic (exact) mass is 234 g/mol. The molecule has 4 heteroatoms. The van der Waals surface area contributed by atoms with Crippen molar-refractivity contribution in [2.45, 2.75) is 25.7 Å². The van der Waals surface area contributed by atoms with Crippen LogP contribution in [0, 0.1) is 16.0 Å². The van der Waals surface area contributed by atoms with Gasteiger partial charge in [0.15, 0.2) is 0 Å². The quantitative estimate of drug-likeness (QED) is 0.467. The summed E-state index contributed by atoms with van der Waals surface area (Å²) in [6, 6.07) is 6.81. The number of nitrogens with zero attached hydrogens (tertiary/aromatic N) is 1. The minimum absolute atomic E-state index is 0.163. The van der Waals surface area contributed by atoms with Crippen molar-refractivity contribution in [3.63, 3.8) is 0 Å². The first kappa shape index (κ1) is 12.0. The van der Waals surface area contributed by atoms with Crippen LogP contribution in [-0.4, -0.2) is 18.0 Å². The lowest BCUT2D eigenvalue weighted by atomic mass is 9.85. The third-order valence-corrected chi connectivity index (χ3v) is 3.40. The fourth-order valence-electron chi connectivity index (χ4n) is 2.02. The Balaban J connectivity index is 1.69. The van der Waals surface area contributed by atoms with Gasteiger partial charge >= 0.3 is 0 Å². The molecule has 0 aliphatic heterocycles. The number of non-ortho nitro benzene ring substituents is 1. The molecule has 1 fully saturated rings. The Labute approximate surface area is 101 Å². The van der Waals surface area contributed by atoms with E-state index >= 15 is 0 Å². The van der Waals surface area contributed by atoms with E-state index in [0.717, 1.165) is 31.0 Å². The second kappa shape index (κ2) is 5.77. The van der Waals surface area contributed by atoms with Gasteiger partial charge in [-0.2, -0.15) is 0 Å². The molecule has 1 N–H and O–H groups in total. The normalized spacial score (nSPS) is 15.5. The van der Waals surface area contributed by atoms with E-state index in [9.17, 15) is 10.1 Å². The van der Waals surface area contributed by atoms with Gasteiger partial charge in [-0.3, -0.25) is 10.1 Å². The van der Waals surface area contributed by atoms with E-state index in [0.29, 0.717) is 0 Å². The van der Waals surface area contributed by atoms with Gasteiger partial charge in [-0.05, 0) is 43.8 Å². The van der Waals surface area contributed by atoms with Gasteiger partial charge in [0.1, 0.15) is 0 Å². The maximum atomic E-state index is 10.5. The summed E-state index contributed by atoms with van der Waals surface area (Å²) in [5.74, 6) is 0.881. The van der Waals surface area contributed by atoms with Crippen molar-refractivity contribution in [3.8, 4) is 0 Å². The molecule has 0 saturated heterocycles. The van der Waals surface area contributed by atoms with Crippen molar-refractivity contribution in [3.05, 3.63) is 39.9 Å². The first-order chi connectivity index (χ1) is 8.25. The highest BCUT2D eigenvalue weighted by Gasteiger charge is 2.16. The Hall–Kier alpha value is -1.42. The van der Waals surface area contributed by atoms with Crippen molar-refractivity contribution in [1.29, 1.82) is 0 Å². The van der Waals surface area contributed by atoms with E-state index in [1.807, 2.05) is 12.1 Å². The summed E-state index contributed by atoms with van der Waals surface area (Å²) in [5, 5.41) is 13.9. The molecule has 0 heterocycles. The number of rotatable bonds is 6. The number of benzene rings is 1. The molecule has 0 radical (unpaired) electrons. The van der Waals surface area contributed by atoms with E-state index in [2.05, 4.69) is 5.32 Å². The molecule has 1 aromatic carbocycles. The third-order valence-electron chi connectivity index (χ3n) is 3.40. The lowest BCUT2D eigenvalue weighted by Gasteiger charge is -2.25. The van der Waals surface area contributed by atoms with Crippen LogP contribution in [0.5, 0.6) is 0 Å². The molecule has 0 bridgehead atoms. The zero-order valence-corrected chi connectivity index (χ0v) is 9.89. The Kier molecular flexibility index (Phi) is 4.09. The molecule has 0 atom stereocenters. The lowest BCUT2D eigenvalue weighted by molar-refractivity contribution is -0.384. The molecule has 92 valence electrons. The maximum absolute atomic E-state index is 10.5. The minimum Gasteiger partial charge on any atom is -0.316 e. The Morgan fingerprint density at radius 3 is 2.53 bits per heavy atom. The first-order valence-electron chi connectivity index (χ1n) is 6.20. The fourth-order valence-corrected chi connectivity index (χ4v) is 2.02. The van der Waals surface area contributed by atoms with Gasteiger partial charge in [0.25, 0.3) is 5.69 Å². The van der Waals surface area contributed by atoms with Crippen LogP contribution in [0.15, 0.2) is 24.3 Å². The van der Waals surface area contributed by atoms with Crippen molar-refractivity contribution < 1.29 is 4.92 Å². The summed E-state index contributed by atoms with van der Waals surface area (Å²) >= 11 is 0. The lowest BCUT2D eigenvalue weighted by Crippen LogP contribution is -2.28. The van der Waals surface area contributed by atoms with E-state index < -0.39 is 0 Å². The highest BCUT2D eigenvalue weighted by atomic mass is 16.6. The second-order valence-corrected chi connectivity index (χ2v) is 4.67. The predicted molar refractivity (Wildman–Crippen MR) is 67.0 cm³/mol. The molecule has 1 aliphatic carbocycles. The Bertz CT molecular complexity index is 372. The third kappa shape index (κ3) is 3.53. The van der Waals surface area contributed by atoms with Gasteiger partial charge in [-0.25, -0.2) is 0 Å². The molecule has 0 spiro atoms. The summed E-state index contributed by atoms with van der Waals surface area (Å²) < 4.78 is 0. The van der Waals surface area contributed by atoms with Crippen LogP contribution in [0.1, 0.15) is 24.8 Å². The number of hydrogen-bond acceptors (Lipinski definition) is 3. The molecule has 0 amide bonds. The summed E-state index contributed by atoms with van der Waals surface area (Å²) in [7, 11) is 0. The molecule has 0 unspecified atom stereocenters. The van der Waals surface area contributed by atoms with Crippen LogP contribution >= 0.6 is 0 Å². The van der Waals surface area contributed by atoms with Crippen LogP contribution in [0.2, 0.25) is 0 Å². The largest absolute Gasteiger partial charge is 0.316 e. The number of hydrogen-bond donors (Lipinski definition) is 1. The Morgan fingerprint density at radius 2 is 2.00 bits per heavy atom. The molecular formula is C13H18N2O2.